The second-order valence-corrected chi connectivity index (χ2v) is 10.5. The second kappa shape index (κ2) is 6.74. The van der Waals surface area contributed by atoms with Crippen LogP contribution in [0.15, 0.2) is 21.4 Å². The Kier molecular flexibility index (Phi) is 4.74. The zero-order valence-corrected chi connectivity index (χ0v) is 18.0. The van der Waals surface area contributed by atoms with Crippen LogP contribution in [-0.2, 0) is 9.48 Å². The van der Waals surface area contributed by atoms with Crippen LogP contribution in [-0.4, -0.2) is 55.8 Å². The van der Waals surface area contributed by atoms with Gasteiger partial charge in [-0.2, -0.15) is 22.1 Å². The summed E-state index contributed by atoms with van der Waals surface area (Å²) in [5.74, 6) is 0.757. The molecule has 0 spiro atoms. The monoisotopic (exact) mass is 423 g/mol. The lowest BCUT2D eigenvalue weighted by Crippen LogP contribution is -2.44. The Hall–Kier alpha value is -1.59. The van der Waals surface area contributed by atoms with Gasteiger partial charge in [-0.15, -0.1) is 0 Å². The predicted octanol–water partition coefficient (Wildman–Crippen LogP) is 3.38. The number of morpholine rings is 1. The fraction of sp³-hybridized carbons (Fsp3) is 0.500. The first-order chi connectivity index (χ1) is 13.1. The molecule has 0 aromatic carbocycles. The first kappa shape index (κ1) is 19.7. The van der Waals surface area contributed by atoms with Gasteiger partial charge in [-0.25, -0.2) is 4.98 Å². The molecule has 10 heteroatoms. The smallest absolute Gasteiger partial charge is 0.136 e. The van der Waals surface area contributed by atoms with E-state index < -0.39 is 15.5 Å². The summed E-state index contributed by atoms with van der Waals surface area (Å²) in [7, 11) is -3.38. The van der Waals surface area contributed by atoms with Gasteiger partial charge in [0.15, 0.2) is 0 Å². The summed E-state index contributed by atoms with van der Waals surface area (Å²) in [6.07, 6.45) is 0. The van der Waals surface area contributed by atoms with Crippen LogP contribution in [0, 0.1) is 6.92 Å². The van der Waals surface area contributed by atoms with Crippen molar-refractivity contribution < 1.29 is 13.8 Å². The standard InChI is InChI=1S/C18H25N5O3S2/c1-10-7-13(21-20-10)15-16-17(28(24,25)22-15)12(18(3,4)27)8-14(19-16)23-5-6-26-9-11(23)2/h7-8,11,24-25,27H,5-6,9H2,1-4H3,(H,20,21). The number of pyridine rings is 1. The molecule has 0 radical (unpaired) electrons. The molecule has 1 saturated heterocycles. The fourth-order valence-electron chi connectivity index (χ4n) is 3.56. The molecule has 0 saturated carbocycles. The van der Waals surface area contributed by atoms with Gasteiger partial charge >= 0.3 is 0 Å². The van der Waals surface area contributed by atoms with Gasteiger partial charge in [0, 0.05) is 11.3 Å². The highest BCUT2D eigenvalue weighted by molar-refractivity contribution is 8.23. The third kappa shape index (κ3) is 3.33. The Labute approximate surface area is 171 Å². The van der Waals surface area contributed by atoms with Crippen molar-refractivity contribution in [2.45, 2.75) is 43.4 Å². The molecule has 8 nitrogen and oxygen atoms in total. The number of nitrogens with one attached hydrogen (secondary N) is 1. The van der Waals surface area contributed by atoms with Gasteiger partial charge in [-0.05, 0) is 45.4 Å². The number of fused-ring (bicyclic) bond motifs is 1. The van der Waals surface area contributed by atoms with Crippen molar-refractivity contribution in [3.8, 4) is 0 Å². The molecule has 4 heterocycles. The number of nitrogens with zero attached hydrogens (tertiary/aromatic N) is 4. The lowest BCUT2D eigenvalue weighted by atomic mass is 9.99. The van der Waals surface area contributed by atoms with Crippen molar-refractivity contribution >= 4 is 34.9 Å². The Morgan fingerprint density at radius 2 is 2.11 bits per heavy atom. The Bertz CT molecular complexity index is 951. The van der Waals surface area contributed by atoms with Gasteiger partial charge < -0.3 is 9.64 Å². The number of hydrogen-bond acceptors (Lipinski definition) is 8. The van der Waals surface area contributed by atoms with E-state index in [1.165, 1.54) is 0 Å². The first-order valence-electron chi connectivity index (χ1n) is 9.11. The van der Waals surface area contributed by atoms with E-state index in [0.717, 1.165) is 11.5 Å². The maximum Gasteiger partial charge on any atom is 0.136 e. The topological polar surface area (TPSA) is 107 Å². The Balaban J connectivity index is 1.94. The number of aromatic amines is 1. The van der Waals surface area contributed by atoms with Crippen molar-refractivity contribution in [3.05, 3.63) is 34.8 Å². The molecular weight excluding hydrogens is 398 g/mol. The molecule has 4 rings (SSSR count). The van der Waals surface area contributed by atoms with Crippen molar-refractivity contribution in [1.29, 1.82) is 0 Å². The average molecular weight is 424 g/mol. The predicted molar refractivity (Wildman–Crippen MR) is 114 cm³/mol. The minimum absolute atomic E-state index is 0.159. The second-order valence-electron chi connectivity index (χ2n) is 7.76. The number of rotatable bonds is 3. The quantitative estimate of drug-likeness (QED) is 0.564. The first-order valence-corrected chi connectivity index (χ1v) is 11.1. The molecule has 1 atom stereocenters. The van der Waals surface area contributed by atoms with Crippen LogP contribution in [0.25, 0.3) is 0 Å². The number of aryl methyl sites for hydroxylation is 1. The van der Waals surface area contributed by atoms with E-state index in [0.29, 0.717) is 47.3 Å². The van der Waals surface area contributed by atoms with Crippen molar-refractivity contribution in [1.82, 2.24) is 15.2 Å². The van der Waals surface area contributed by atoms with Crippen LogP contribution in [0.2, 0.25) is 0 Å². The molecule has 2 aliphatic rings. The van der Waals surface area contributed by atoms with Crippen molar-refractivity contribution in [2.75, 3.05) is 24.7 Å². The third-order valence-corrected chi connectivity index (χ3v) is 6.60. The summed E-state index contributed by atoms with van der Waals surface area (Å²) >= 11 is 4.72. The molecule has 28 heavy (non-hydrogen) atoms. The molecule has 0 bridgehead atoms. The van der Waals surface area contributed by atoms with Crippen LogP contribution in [0.3, 0.4) is 0 Å². The molecule has 2 aromatic rings. The molecule has 2 aliphatic heterocycles. The molecule has 0 aliphatic carbocycles. The maximum atomic E-state index is 10.8. The van der Waals surface area contributed by atoms with Gasteiger partial charge in [0.1, 0.15) is 22.1 Å². The van der Waals surface area contributed by atoms with E-state index in [1.807, 2.05) is 32.9 Å². The third-order valence-electron chi connectivity index (χ3n) is 4.96. The number of aromatic nitrogens is 3. The summed E-state index contributed by atoms with van der Waals surface area (Å²) in [6, 6.07) is 3.88. The molecule has 152 valence electrons. The molecule has 1 fully saturated rings. The van der Waals surface area contributed by atoms with E-state index >= 15 is 0 Å². The highest BCUT2D eigenvalue weighted by Crippen LogP contribution is 2.60. The summed E-state index contributed by atoms with van der Waals surface area (Å²) in [5.41, 5.74) is 2.99. The highest BCUT2D eigenvalue weighted by atomic mass is 32.3. The van der Waals surface area contributed by atoms with Crippen molar-refractivity contribution in [3.63, 3.8) is 0 Å². The van der Waals surface area contributed by atoms with Gasteiger partial charge in [-0.1, -0.05) is 10.8 Å². The van der Waals surface area contributed by atoms with Gasteiger partial charge in [0.2, 0.25) is 0 Å². The van der Waals surface area contributed by atoms with E-state index in [4.69, 9.17) is 22.3 Å². The maximum absolute atomic E-state index is 10.8. The van der Waals surface area contributed by atoms with E-state index in [1.54, 1.807) is 0 Å². The zero-order valence-electron chi connectivity index (χ0n) is 16.3. The van der Waals surface area contributed by atoms with Gasteiger partial charge in [0.25, 0.3) is 0 Å². The van der Waals surface area contributed by atoms with Crippen LogP contribution in [0.1, 0.15) is 43.4 Å². The largest absolute Gasteiger partial charge is 0.377 e. The number of hydrogen-bond donors (Lipinski definition) is 4. The lowest BCUT2D eigenvalue weighted by molar-refractivity contribution is 0.0985. The summed E-state index contributed by atoms with van der Waals surface area (Å²) < 4.78 is 30.8. The number of ether oxygens (including phenoxy) is 1. The number of thiol groups is 1. The van der Waals surface area contributed by atoms with E-state index in [2.05, 4.69) is 26.4 Å². The van der Waals surface area contributed by atoms with E-state index in [9.17, 15) is 9.11 Å². The van der Waals surface area contributed by atoms with Crippen LogP contribution >= 0.6 is 23.4 Å². The summed E-state index contributed by atoms with van der Waals surface area (Å²) in [6.45, 7) is 9.74. The normalized spacial score (nSPS) is 22.8. The average Bonchev–Trinajstić information content (AvgIpc) is 3.15. The molecular formula is C18H25N5O3S2. The number of anilines is 1. The Morgan fingerprint density at radius 1 is 1.36 bits per heavy atom. The number of H-pyrrole nitrogens is 1. The van der Waals surface area contributed by atoms with Gasteiger partial charge in [-0.3, -0.25) is 14.2 Å². The van der Waals surface area contributed by atoms with Crippen LogP contribution in [0.4, 0.5) is 5.82 Å². The van der Waals surface area contributed by atoms with Gasteiger partial charge in [0.05, 0.1) is 30.6 Å². The van der Waals surface area contributed by atoms with E-state index in [-0.39, 0.29) is 6.04 Å². The summed E-state index contributed by atoms with van der Waals surface area (Å²) in [4.78, 5) is 7.34. The highest BCUT2D eigenvalue weighted by Gasteiger charge is 2.39. The molecule has 2 aromatic heterocycles. The molecule has 3 N–H and O–H groups in total. The van der Waals surface area contributed by atoms with Crippen LogP contribution < -0.4 is 4.90 Å². The summed E-state index contributed by atoms with van der Waals surface area (Å²) in [5, 5.41) is 7.06. The van der Waals surface area contributed by atoms with Crippen LogP contribution in [0.5, 0.6) is 0 Å². The molecule has 1 unspecified atom stereocenters. The van der Waals surface area contributed by atoms with Crippen molar-refractivity contribution in [2.24, 2.45) is 4.40 Å². The molecule has 0 amide bonds. The fourth-order valence-corrected chi connectivity index (χ4v) is 5.36. The lowest BCUT2D eigenvalue weighted by Gasteiger charge is -2.36. The zero-order chi connectivity index (χ0) is 20.3. The minimum atomic E-state index is -3.38. The minimum Gasteiger partial charge on any atom is -0.377 e. The SMILES string of the molecule is Cc1cc(C2=NS(O)(O)c3c(C(C)(C)S)cc(N4CCOCC4C)nc32)[nH]n1. The Morgan fingerprint density at radius 3 is 2.71 bits per heavy atom.